The minimum atomic E-state index is -1.08. The summed E-state index contributed by atoms with van der Waals surface area (Å²) in [7, 11) is 0. The van der Waals surface area contributed by atoms with Crippen LogP contribution < -0.4 is 10.9 Å². The number of aliphatic carboxylic acids is 1. The number of nitrogens with one attached hydrogen (secondary N) is 1. The smallest absolute Gasteiger partial charge is 0.326 e. The van der Waals surface area contributed by atoms with Crippen LogP contribution in [-0.4, -0.2) is 27.6 Å². The zero-order valence-corrected chi connectivity index (χ0v) is 17.0. The lowest BCUT2D eigenvalue weighted by Gasteiger charge is -2.27. The highest BCUT2D eigenvalue weighted by Crippen LogP contribution is 2.27. The van der Waals surface area contributed by atoms with E-state index in [1.165, 1.54) is 19.3 Å². The molecular weight excluding hydrogens is 356 g/mol. The fraction of sp³-hybridized carbons (Fsp3) is 0.682. The molecule has 0 aromatic carbocycles. The molecule has 28 heavy (non-hydrogen) atoms. The number of carboxylic acid groups (broad SMARTS) is 1. The summed E-state index contributed by atoms with van der Waals surface area (Å²) in [5, 5.41) is 11.9. The minimum Gasteiger partial charge on any atom is -0.480 e. The fourth-order valence-electron chi connectivity index (χ4n) is 4.60. The van der Waals surface area contributed by atoms with Gasteiger partial charge in [-0.15, -0.1) is 0 Å². The molecule has 1 fully saturated rings. The van der Waals surface area contributed by atoms with Gasteiger partial charge in [-0.25, -0.2) is 4.79 Å². The summed E-state index contributed by atoms with van der Waals surface area (Å²) < 4.78 is 1.84. The quantitative estimate of drug-likeness (QED) is 0.784. The molecule has 1 aromatic rings. The van der Waals surface area contributed by atoms with E-state index in [0.29, 0.717) is 12.5 Å². The zero-order valence-electron chi connectivity index (χ0n) is 17.0. The van der Waals surface area contributed by atoms with Crippen molar-refractivity contribution in [3.05, 3.63) is 33.2 Å². The number of carbonyl (C=O) groups excluding carboxylic acids is 1. The predicted octanol–water partition coefficient (Wildman–Crippen LogP) is 3.15. The minimum absolute atomic E-state index is 0.0864. The molecule has 0 saturated heterocycles. The van der Waals surface area contributed by atoms with Crippen LogP contribution >= 0.6 is 0 Å². The lowest BCUT2D eigenvalue weighted by molar-refractivity contribution is -0.140. The highest BCUT2D eigenvalue weighted by Gasteiger charge is 2.28. The Balaban J connectivity index is 1.95. The Labute approximate surface area is 166 Å². The number of aryl methyl sites for hydroxylation is 1. The second-order valence-corrected chi connectivity index (χ2v) is 8.69. The van der Waals surface area contributed by atoms with Crippen molar-refractivity contribution in [1.82, 2.24) is 9.88 Å². The van der Waals surface area contributed by atoms with Gasteiger partial charge >= 0.3 is 5.97 Å². The van der Waals surface area contributed by atoms with Crippen molar-refractivity contribution in [3.8, 4) is 0 Å². The molecule has 2 aliphatic rings. The van der Waals surface area contributed by atoms with Gasteiger partial charge in [0.25, 0.3) is 11.5 Å². The summed E-state index contributed by atoms with van der Waals surface area (Å²) in [4.78, 5) is 37.5. The maximum absolute atomic E-state index is 13.2. The largest absolute Gasteiger partial charge is 0.480 e. The molecule has 2 aliphatic carbocycles. The normalized spacial score (nSPS) is 18.5. The monoisotopic (exact) mass is 388 g/mol. The van der Waals surface area contributed by atoms with Crippen molar-refractivity contribution in [2.24, 2.45) is 11.8 Å². The molecule has 0 unspecified atom stereocenters. The average molecular weight is 389 g/mol. The van der Waals surface area contributed by atoms with E-state index in [4.69, 9.17) is 0 Å². The number of pyridine rings is 1. The van der Waals surface area contributed by atoms with Crippen molar-refractivity contribution in [1.29, 1.82) is 0 Å². The molecule has 1 aromatic heterocycles. The molecule has 6 heteroatoms. The lowest BCUT2D eigenvalue weighted by atomic mass is 9.88. The molecule has 0 spiro atoms. The van der Waals surface area contributed by atoms with Crippen molar-refractivity contribution < 1.29 is 14.7 Å². The number of aromatic nitrogens is 1. The van der Waals surface area contributed by atoms with Gasteiger partial charge in [0.05, 0.1) is 0 Å². The van der Waals surface area contributed by atoms with E-state index in [1.54, 1.807) is 19.9 Å². The zero-order chi connectivity index (χ0) is 20.3. The van der Waals surface area contributed by atoms with Crippen LogP contribution in [0.25, 0.3) is 0 Å². The number of fused-ring (bicyclic) bond motifs is 1. The molecule has 1 amide bonds. The van der Waals surface area contributed by atoms with Crippen LogP contribution in [0.4, 0.5) is 0 Å². The highest BCUT2D eigenvalue weighted by atomic mass is 16.4. The van der Waals surface area contributed by atoms with Gasteiger partial charge in [0.1, 0.15) is 11.6 Å². The van der Waals surface area contributed by atoms with Crippen LogP contribution in [0.15, 0.2) is 10.9 Å². The lowest BCUT2D eigenvalue weighted by Crippen LogP contribution is -2.46. The molecule has 3 rings (SSSR count). The van der Waals surface area contributed by atoms with Gasteiger partial charge in [0, 0.05) is 12.2 Å². The third kappa shape index (κ3) is 4.47. The van der Waals surface area contributed by atoms with Crippen LogP contribution in [0.2, 0.25) is 0 Å². The fourth-order valence-corrected chi connectivity index (χ4v) is 4.60. The Kier molecular flexibility index (Phi) is 6.57. The highest BCUT2D eigenvalue weighted by molar-refractivity contribution is 5.96. The number of carboxylic acids is 1. The number of amides is 1. The molecule has 1 saturated carbocycles. The first-order valence-corrected chi connectivity index (χ1v) is 10.7. The molecule has 0 bridgehead atoms. The van der Waals surface area contributed by atoms with Gasteiger partial charge in [-0.2, -0.15) is 0 Å². The Morgan fingerprint density at radius 1 is 1.14 bits per heavy atom. The molecule has 2 N–H and O–H groups in total. The van der Waals surface area contributed by atoms with Crippen LogP contribution in [0.1, 0.15) is 80.4 Å². The van der Waals surface area contributed by atoms with Gasteiger partial charge < -0.3 is 15.0 Å². The number of hydrogen-bond acceptors (Lipinski definition) is 3. The second-order valence-electron chi connectivity index (χ2n) is 8.69. The standard InChI is InChI=1S/C22H32N2O4/c1-14(2)19(22(27)28)23-20(25)17-12-16-10-6-7-11-18(16)24(21(17)26)13-15-8-4-3-5-9-15/h12,14-15,19H,3-11,13H2,1-2H3,(H,23,25)(H,27,28)/t19-/m0/s1. The van der Waals surface area contributed by atoms with Crippen LogP contribution in [0.5, 0.6) is 0 Å². The first-order chi connectivity index (χ1) is 13.4. The summed E-state index contributed by atoms with van der Waals surface area (Å²) in [5.74, 6) is -1.43. The van der Waals surface area contributed by atoms with Gasteiger partial charge in [0.2, 0.25) is 0 Å². The molecule has 0 radical (unpaired) electrons. The predicted molar refractivity (Wildman–Crippen MR) is 108 cm³/mol. The number of hydrogen-bond donors (Lipinski definition) is 2. The maximum Gasteiger partial charge on any atom is 0.326 e. The van der Waals surface area contributed by atoms with E-state index in [2.05, 4.69) is 5.32 Å². The first kappa shape index (κ1) is 20.6. The Bertz CT molecular complexity index is 790. The summed E-state index contributed by atoms with van der Waals surface area (Å²) >= 11 is 0. The average Bonchev–Trinajstić information content (AvgIpc) is 2.68. The second kappa shape index (κ2) is 8.93. The van der Waals surface area contributed by atoms with Gasteiger partial charge in [-0.1, -0.05) is 33.1 Å². The summed E-state index contributed by atoms with van der Waals surface area (Å²) in [6.45, 7) is 4.16. The molecule has 6 nitrogen and oxygen atoms in total. The van der Waals surface area contributed by atoms with E-state index >= 15 is 0 Å². The van der Waals surface area contributed by atoms with Gasteiger partial charge in [0.15, 0.2) is 0 Å². The van der Waals surface area contributed by atoms with Crippen molar-refractivity contribution in [2.75, 3.05) is 0 Å². The Morgan fingerprint density at radius 2 is 1.82 bits per heavy atom. The van der Waals surface area contributed by atoms with Gasteiger partial charge in [-0.3, -0.25) is 9.59 Å². The van der Waals surface area contributed by atoms with Crippen LogP contribution in [-0.2, 0) is 24.2 Å². The van der Waals surface area contributed by atoms with Crippen molar-refractivity contribution >= 4 is 11.9 Å². The van der Waals surface area contributed by atoms with Crippen LogP contribution in [0, 0.1) is 11.8 Å². The van der Waals surface area contributed by atoms with Gasteiger partial charge in [-0.05, 0) is 62.0 Å². The van der Waals surface area contributed by atoms with E-state index < -0.39 is 17.9 Å². The Hall–Kier alpha value is -2.11. The number of carbonyl (C=O) groups is 2. The topological polar surface area (TPSA) is 88.4 Å². The molecule has 1 atom stereocenters. The Morgan fingerprint density at radius 3 is 2.46 bits per heavy atom. The summed E-state index contributed by atoms with van der Waals surface area (Å²) in [5.41, 5.74) is 1.97. The third-order valence-corrected chi connectivity index (χ3v) is 6.23. The van der Waals surface area contributed by atoms with Crippen molar-refractivity contribution in [2.45, 2.75) is 84.2 Å². The number of nitrogens with zero attached hydrogens (tertiary/aromatic N) is 1. The SMILES string of the molecule is CC(C)[C@H](NC(=O)c1cc2c(n(CC3CCCCC3)c1=O)CCCC2)C(=O)O. The number of rotatable bonds is 6. The third-order valence-electron chi connectivity index (χ3n) is 6.23. The summed E-state index contributed by atoms with van der Waals surface area (Å²) in [6.07, 6.45) is 9.80. The molecular formula is C22H32N2O4. The first-order valence-electron chi connectivity index (χ1n) is 10.7. The van der Waals surface area contributed by atoms with E-state index in [-0.39, 0.29) is 17.0 Å². The molecule has 0 aliphatic heterocycles. The van der Waals surface area contributed by atoms with Crippen LogP contribution in [0.3, 0.4) is 0 Å². The van der Waals surface area contributed by atoms with E-state index in [1.807, 2.05) is 4.57 Å². The van der Waals surface area contributed by atoms with E-state index in [9.17, 15) is 19.5 Å². The maximum atomic E-state index is 13.2. The van der Waals surface area contributed by atoms with E-state index in [0.717, 1.165) is 49.8 Å². The molecule has 154 valence electrons. The summed E-state index contributed by atoms with van der Waals surface area (Å²) in [6, 6.07) is 0.706. The van der Waals surface area contributed by atoms with Crippen molar-refractivity contribution in [3.63, 3.8) is 0 Å². The molecule has 1 heterocycles.